The van der Waals surface area contributed by atoms with Crippen molar-refractivity contribution in [3.8, 4) is 16.5 Å². The molecule has 1 atom stereocenters. The molecule has 2 aliphatic rings. The molecular weight excluding hydrogens is 380 g/mol. The van der Waals surface area contributed by atoms with Crippen LogP contribution in [0.25, 0.3) is 10.4 Å². The summed E-state index contributed by atoms with van der Waals surface area (Å²) < 4.78 is 0. The van der Waals surface area contributed by atoms with Gasteiger partial charge >= 0.3 is 5.97 Å². The number of nitriles is 1. The molecule has 0 unspecified atom stereocenters. The van der Waals surface area contributed by atoms with E-state index in [1.807, 2.05) is 18.2 Å². The SMILES string of the molecule is C[C@H]1CCCN(c2ccc(C#N)cc2-c2sc3c(c2C(=O)O)CC(C)(C)CC3)C1. The first kappa shape index (κ1) is 20.0. The van der Waals surface area contributed by atoms with E-state index in [0.29, 0.717) is 17.0 Å². The Morgan fingerprint density at radius 2 is 2.17 bits per heavy atom. The number of aryl methyl sites for hydroxylation is 1. The van der Waals surface area contributed by atoms with Crippen molar-refractivity contribution in [1.82, 2.24) is 0 Å². The Morgan fingerprint density at radius 1 is 1.38 bits per heavy atom. The van der Waals surface area contributed by atoms with Crippen LogP contribution in [-0.2, 0) is 12.8 Å². The summed E-state index contributed by atoms with van der Waals surface area (Å²) in [5.41, 5.74) is 4.14. The van der Waals surface area contributed by atoms with Crippen molar-refractivity contribution >= 4 is 23.0 Å². The number of benzene rings is 1. The highest BCUT2D eigenvalue weighted by molar-refractivity contribution is 7.16. The quantitative estimate of drug-likeness (QED) is 0.704. The number of carboxylic acid groups (broad SMARTS) is 1. The summed E-state index contributed by atoms with van der Waals surface area (Å²) in [5.74, 6) is -0.237. The van der Waals surface area contributed by atoms with Crippen LogP contribution in [-0.4, -0.2) is 24.2 Å². The Labute approximate surface area is 176 Å². The van der Waals surface area contributed by atoms with Gasteiger partial charge in [-0.1, -0.05) is 20.8 Å². The zero-order valence-electron chi connectivity index (χ0n) is 17.4. The second-order valence-corrected chi connectivity index (χ2v) is 10.5. The number of nitrogens with zero attached hydrogens (tertiary/aromatic N) is 2. The third kappa shape index (κ3) is 3.79. The maximum atomic E-state index is 12.4. The normalized spacial score (nSPS) is 20.8. The van der Waals surface area contributed by atoms with Crippen LogP contribution in [0, 0.1) is 22.7 Å². The summed E-state index contributed by atoms with van der Waals surface area (Å²) in [7, 11) is 0. The predicted molar refractivity (Wildman–Crippen MR) is 118 cm³/mol. The molecular formula is C24H28N2O2S. The van der Waals surface area contributed by atoms with E-state index in [9.17, 15) is 15.2 Å². The predicted octanol–water partition coefficient (Wildman–Crippen LogP) is 5.74. The zero-order chi connectivity index (χ0) is 20.8. The average Bonchev–Trinajstić information content (AvgIpc) is 3.05. The molecule has 0 radical (unpaired) electrons. The molecule has 1 aromatic heterocycles. The number of hydrogen-bond donors (Lipinski definition) is 1. The summed E-state index contributed by atoms with van der Waals surface area (Å²) in [6.07, 6.45) is 5.18. The number of rotatable bonds is 3. The molecule has 1 aliphatic carbocycles. The van der Waals surface area contributed by atoms with Crippen molar-refractivity contribution < 1.29 is 9.90 Å². The van der Waals surface area contributed by atoms with Crippen LogP contribution in [0.2, 0.25) is 0 Å². The minimum Gasteiger partial charge on any atom is -0.478 e. The topological polar surface area (TPSA) is 64.3 Å². The average molecular weight is 409 g/mol. The summed E-state index contributed by atoms with van der Waals surface area (Å²) in [6, 6.07) is 8.00. The molecule has 1 aliphatic heterocycles. The van der Waals surface area contributed by atoms with Crippen LogP contribution in [0.15, 0.2) is 18.2 Å². The lowest BCUT2D eigenvalue weighted by Crippen LogP contribution is -2.34. The van der Waals surface area contributed by atoms with Crippen LogP contribution < -0.4 is 4.90 Å². The largest absolute Gasteiger partial charge is 0.478 e. The molecule has 0 saturated carbocycles. The third-order valence-corrected chi connectivity index (χ3v) is 7.68. The van der Waals surface area contributed by atoms with E-state index in [-0.39, 0.29) is 5.41 Å². The summed E-state index contributed by atoms with van der Waals surface area (Å²) >= 11 is 1.63. The molecule has 4 rings (SSSR count). The molecule has 0 spiro atoms. The van der Waals surface area contributed by atoms with E-state index in [1.54, 1.807) is 11.3 Å². The molecule has 5 heteroatoms. The molecule has 0 bridgehead atoms. The van der Waals surface area contributed by atoms with Crippen molar-refractivity contribution in [2.45, 2.75) is 52.9 Å². The third-order valence-electron chi connectivity index (χ3n) is 6.36. The molecule has 152 valence electrons. The molecule has 0 amide bonds. The molecule has 4 nitrogen and oxygen atoms in total. The van der Waals surface area contributed by atoms with Crippen molar-refractivity contribution in [2.75, 3.05) is 18.0 Å². The van der Waals surface area contributed by atoms with Crippen LogP contribution >= 0.6 is 11.3 Å². The second kappa shape index (κ2) is 7.50. The maximum absolute atomic E-state index is 12.4. The lowest BCUT2D eigenvalue weighted by Gasteiger charge is -2.34. The minimum atomic E-state index is -0.851. The molecule has 2 aromatic rings. The van der Waals surface area contributed by atoms with Gasteiger partial charge in [-0.05, 0) is 67.2 Å². The van der Waals surface area contributed by atoms with Crippen molar-refractivity contribution in [1.29, 1.82) is 5.26 Å². The maximum Gasteiger partial charge on any atom is 0.337 e. The van der Waals surface area contributed by atoms with E-state index >= 15 is 0 Å². The standard InChI is InChI=1S/C24H28N2O2S/c1-15-5-4-10-26(14-15)19-7-6-16(13-25)11-17(19)22-21(23(27)28)18-12-24(2,3)9-8-20(18)29-22/h6-7,11,15H,4-5,8-10,12,14H2,1-3H3,(H,27,28)/t15-/m0/s1. The second-order valence-electron chi connectivity index (χ2n) is 9.39. The molecule has 2 heterocycles. The lowest BCUT2D eigenvalue weighted by atomic mass is 9.76. The highest BCUT2D eigenvalue weighted by Gasteiger charge is 2.34. The van der Waals surface area contributed by atoms with E-state index in [4.69, 9.17) is 0 Å². The van der Waals surface area contributed by atoms with Crippen LogP contribution in [0.5, 0.6) is 0 Å². The Morgan fingerprint density at radius 3 is 2.86 bits per heavy atom. The van der Waals surface area contributed by atoms with E-state index in [1.165, 1.54) is 11.3 Å². The number of carbonyl (C=O) groups is 1. The van der Waals surface area contributed by atoms with Gasteiger partial charge in [0.15, 0.2) is 0 Å². The van der Waals surface area contributed by atoms with Gasteiger partial charge in [-0.2, -0.15) is 5.26 Å². The van der Waals surface area contributed by atoms with Gasteiger partial charge in [0.2, 0.25) is 0 Å². The number of aromatic carboxylic acids is 1. The minimum absolute atomic E-state index is 0.120. The van der Waals surface area contributed by atoms with Gasteiger partial charge in [0.1, 0.15) is 0 Å². The molecule has 1 fully saturated rings. The Hall–Kier alpha value is -2.32. The summed E-state index contributed by atoms with van der Waals surface area (Å²) in [4.78, 5) is 16.8. The number of anilines is 1. The molecule has 29 heavy (non-hydrogen) atoms. The van der Waals surface area contributed by atoms with Crippen molar-refractivity contribution in [3.05, 3.63) is 39.8 Å². The Bertz CT molecular complexity index is 999. The first-order valence-corrected chi connectivity index (χ1v) is 11.3. The van der Waals surface area contributed by atoms with Crippen molar-refractivity contribution in [3.63, 3.8) is 0 Å². The van der Waals surface area contributed by atoms with Gasteiger partial charge in [0, 0.05) is 29.2 Å². The molecule has 1 aromatic carbocycles. The fraction of sp³-hybridized carbons (Fsp3) is 0.500. The lowest BCUT2D eigenvalue weighted by molar-refractivity contribution is 0.0696. The van der Waals surface area contributed by atoms with Crippen LogP contribution in [0.4, 0.5) is 5.69 Å². The van der Waals surface area contributed by atoms with Gasteiger partial charge in [-0.3, -0.25) is 0 Å². The first-order chi connectivity index (χ1) is 13.8. The van der Waals surface area contributed by atoms with E-state index in [0.717, 1.165) is 60.5 Å². The van der Waals surface area contributed by atoms with Gasteiger partial charge in [0.25, 0.3) is 0 Å². The number of piperidine rings is 1. The van der Waals surface area contributed by atoms with Gasteiger partial charge < -0.3 is 10.0 Å². The summed E-state index contributed by atoms with van der Waals surface area (Å²) in [6.45, 7) is 8.65. The van der Waals surface area contributed by atoms with E-state index in [2.05, 4.69) is 31.7 Å². The number of fused-ring (bicyclic) bond motifs is 1. The fourth-order valence-electron chi connectivity index (χ4n) is 4.81. The fourth-order valence-corrected chi connectivity index (χ4v) is 6.14. The van der Waals surface area contributed by atoms with E-state index < -0.39 is 5.97 Å². The van der Waals surface area contributed by atoms with Gasteiger partial charge in [-0.25, -0.2) is 4.79 Å². The highest BCUT2D eigenvalue weighted by Crippen LogP contribution is 2.47. The smallest absolute Gasteiger partial charge is 0.337 e. The van der Waals surface area contributed by atoms with Crippen LogP contribution in [0.3, 0.4) is 0 Å². The van der Waals surface area contributed by atoms with Gasteiger partial charge in [0.05, 0.1) is 22.1 Å². The molecule has 1 saturated heterocycles. The number of hydrogen-bond acceptors (Lipinski definition) is 4. The first-order valence-electron chi connectivity index (χ1n) is 10.5. The van der Waals surface area contributed by atoms with Gasteiger partial charge in [-0.15, -0.1) is 11.3 Å². The highest BCUT2D eigenvalue weighted by atomic mass is 32.1. The Balaban J connectivity index is 1.89. The monoisotopic (exact) mass is 408 g/mol. The molecule has 1 N–H and O–H groups in total. The van der Waals surface area contributed by atoms with Crippen LogP contribution in [0.1, 0.15) is 66.4 Å². The Kier molecular flexibility index (Phi) is 5.16. The number of thiophene rings is 1. The zero-order valence-corrected chi connectivity index (χ0v) is 18.2. The number of carboxylic acids is 1. The van der Waals surface area contributed by atoms with Crippen molar-refractivity contribution in [2.24, 2.45) is 11.3 Å². The summed E-state index contributed by atoms with van der Waals surface area (Å²) in [5, 5.41) is 19.6.